The quantitative estimate of drug-likeness (QED) is 0.784. The Hall–Kier alpha value is -1.08. The molecule has 7 heteroatoms. The van der Waals surface area contributed by atoms with E-state index in [-0.39, 0.29) is 12.0 Å². The maximum Gasteiger partial charge on any atom is 0.414 e. The van der Waals surface area contributed by atoms with E-state index in [1.165, 1.54) is 0 Å². The molecule has 0 unspecified atom stereocenters. The van der Waals surface area contributed by atoms with Crippen LogP contribution >= 0.6 is 0 Å². The number of carbonyl (C=O) groups is 1. The second kappa shape index (κ2) is 7.08. The molecule has 0 aromatic heterocycles. The molecule has 0 aromatic rings. The van der Waals surface area contributed by atoms with Crippen LogP contribution in [-0.2, 0) is 14.8 Å². The van der Waals surface area contributed by atoms with Crippen LogP contribution in [0.4, 0.5) is 4.79 Å². The molecule has 116 valence electrons. The number of sulfonamides is 1. The Balaban J connectivity index is 2.36. The van der Waals surface area contributed by atoms with Gasteiger partial charge < -0.3 is 9.64 Å². The zero-order valence-electron chi connectivity index (χ0n) is 12.4. The van der Waals surface area contributed by atoms with E-state index in [2.05, 4.69) is 11.3 Å². The molecule has 1 saturated heterocycles. The van der Waals surface area contributed by atoms with E-state index < -0.39 is 15.3 Å². The number of hydrogen-bond donors (Lipinski definition) is 1. The fourth-order valence-electron chi connectivity index (χ4n) is 1.93. The molecule has 6 nitrogen and oxygen atoms in total. The Kier molecular flexibility index (Phi) is 6.01. The molecule has 1 amide bonds. The molecular formula is C13H24N2O4S. The number of allylic oxidation sites excluding steroid dienone is 1. The van der Waals surface area contributed by atoms with E-state index in [4.69, 9.17) is 4.74 Å². The van der Waals surface area contributed by atoms with Crippen molar-refractivity contribution >= 4 is 16.1 Å². The van der Waals surface area contributed by atoms with Crippen molar-refractivity contribution in [2.24, 2.45) is 5.92 Å². The Morgan fingerprint density at radius 1 is 1.40 bits per heavy atom. The van der Waals surface area contributed by atoms with Crippen molar-refractivity contribution in [3.63, 3.8) is 0 Å². The first-order valence-corrected chi connectivity index (χ1v) is 8.37. The lowest BCUT2D eigenvalue weighted by Gasteiger charge is -2.31. The van der Waals surface area contributed by atoms with Crippen LogP contribution in [-0.4, -0.2) is 44.3 Å². The molecule has 0 bridgehead atoms. The summed E-state index contributed by atoms with van der Waals surface area (Å²) in [6, 6.07) is 0. The fraction of sp³-hybridized carbons (Fsp3) is 0.769. The summed E-state index contributed by atoms with van der Waals surface area (Å²) >= 11 is 0. The number of ether oxygens (including phenoxy) is 1. The number of piperidine rings is 1. The molecule has 0 aliphatic carbocycles. The molecule has 1 N–H and O–H groups in total. The van der Waals surface area contributed by atoms with Crippen LogP contribution in [0.2, 0.25) is 0 Å². The van der Waals surface area contributed by atoms with Crippen molar-refractivity contribution < 1.29 is 17.9 Å². The molecule has 1 rings (SSSR count). The topological polar surface area (TPSA) is 75.7 Å². The van der Waals surface area contributed by atoms with Gasteiger partial charge in [0.25, 0.3) is 0 Å². The highest BCUT2D eigenvalue weighted by molar-refractivity contribution is 7.90. The van der Waals surface area contributed by atoms with Gasteiger partial charge in [-0.15, -0.1) is 0 Å². The minimum atomic E-state index is -3.21. The number of nitrogens with one attached hydrogen (secondary N) is 1. The van der Waals surface area contributed by atoms with Crippen LogP contribution in [0.3, 0.4) is 0 Å². The molecular weight excluding hydrogens is 280 g/mol. The first-order valence-electron chi connectivity index (χ1n) is 6.83. The number of nitrogens with zero attached hydrogens (tertiary/aromatic N) is 1. The summed E-state index contributed by atoms with van der Waals surface area (Å²) in [5.74, 6) is 0.638. The largest absolute Gasteiger partial charge is 0.416 e. The van der Waals surface area contributed by atoms with Crippen molar-refractivity contribution in [3.05, 3.63) is 12.3 Å². The average molecular weight is 304 g/mol. The van der Waals surface area contributed by atoms with Crippen molar-refractivity contribution in [2.45, 2.75) is 38.9 Å². The normalized spacial score (nSPS) is 17.3. The third kappa shape index (κ3) is 5.13. The number of rotatable bonds is 5. The van der Waals surface area contributed by atoms with Gasteiger partial charge in [0.05, 0.1) is 11.0 Å². The van der Waals surface area contributed by atoms with Gasteiger partial charge in [-0.2, -0.15) is 0 Å². The van der Waals surface area contributed by atoms with Crippen molar-refractivity contribution in [3.8, 4) is 0 Å². The van der Waals surface area contributed by atoms with Crippen molar-refractivity contribution in [1.29, 1.82) is 0 Å². The third-order valence-corrected chi connectivity index (χ3v) is 5.14. The molecule has 1 heterocycles. The molecule has 20 heavy (non-hydrogen) atoms. The van der Waals surface area contributed by atoms with Crippen LogP contribution in [0.5, 0.6) is 0 Å². The summed E-state index contributed by atoms with van der Waals surface area (Å²) < 4.78 is 30.9. The molecule has 0 spiro atoms. The summed E-state index contributed by atoms with van der Waals surface area (Å²) in [4.78, 5) is 13.3. The highest BCUT2D eigenvalue weighted by Gasteiger charge is 2.25. The van der Waals surface area contributed by atoms with E-state index in [1.54, 1.807) is 25.7 Å². The van der Waals surface area contributed by atoms with Crippen molar-refractivity contribution in [1.82, 2.24) is 9.62 Å². The standard InChI is InChI=1S/C13H24N2O4S/c1-10(2)19-13(16)15-7-5-12(6-8-15)9-14-20(17,18)11(3)4/h11-12,14H,1,5-9H2,2-4H3. The van der Waals surface area contributed by atoms with Gasteiger partial charge >= 0.3 is 6.09 Å². The summed E-state index contributed by atoms with van der Waals surface area (Å²) in [6.07, 6.45) is 1.16. The van der Waals surface area contributed by atoms with Gasteiger partial charge in [0.1, 0.15) is 0 Å². The maximum absolute atomic E-state index is 11.7. The molecule has 1 fully saturated rings. The molecule has 0 aromatic carbocycles. The number of carbonyl (C=O) groups excluding carboxylic acids is 1. The van der Waals surface area contributed by atoms with Crippen LogP contribution in [0.1, 0.15) is 33.6 Å². The van der Waals surface area contributed by atoms with Gasteiger partial charge in [-0.3, -0.25) is 0 Å². The van der Waals surface area contributed by atoms with Gasteiger partial charge in [0.2, 0.25) is 10.0 Å². The highest BCUT2D eigenvalue weighted by Crippen LogP contribution is 2.18. The summed E-state index contributed by atoms with van der Waals surface area (Å²) in [7, 11) is -3.21. The lowest BCUT2D eigenvalue weighted by Crippen LogP contribution is -2.42. The Bertz CT molecular complexity index is 451. The predicted molar refractivity (Wildman–Crippen MR) is 77.7 cm³/mol. The first-order chi connectivity index (χ1) is 9.22. The van der Waals surface area contributed by atoms with Crippen LogP contribution in [0.25, 0.3) is 0 Å². The third-order valence-electron chi connectivity index (χ3n) is 3.33. The Morgan fingerprint density at radius 3 is 2.40 bits per heavy atom. The van der Waals surface area contributed by atoms with E-state index in [9.17, 15) is 13.2 Å². The second-order valence-electron chi connectivity index (χ2n) is 5.44. The van der Waals surface area contributed by atoms with Gasteiger partial charge in [-0.1, -0.05) is 6.58 Å². The minimum Gasteiger partial charge on any atom is -0.416 e. The lowest BCUT2D eigenvalue weighted by molar-refractivity contribution is 0.111. The minimum absolute atomic E-state index is 0.261. The number of amides is 1. The van der Waals surface area contributed by atoms with Gasteiger partial charge in [0, 0.05) is 19.6 Å². The van der Waals surface area contributed by atoms with Crippen LogP contribution in [0.15, 0.2) is 12.3 Å². The Labute approximate surface area is 121 Å². The zero-order valence-corrected chi connectivity index (χ0v) is 13.2. The number of hydrogen-bond acceptors (Lipinski definition) is 4. The molecule has 0 atom stereocenters. The summed E-state index contributed by atoms with van der Waals surface area (Å²) in [6.45, 7) is 10.1. The smallest absolute Gasteiger partial charge is 0.414 e. The fourth-order valence-corrected chi connectivity index (χ4v) is 2.74. The maximum atomic E-state index is 11.7. The van der Waals surface area contributed by atoms with Gasteiger partial charge in [-0.05, 0) is 39.5 Å². The zero-order chi connectivity index (χ0) is 15.3. The molecule has 0 radical (unpaired) electrons. The van der Waals surface area contributed by atoms with Gasteiger partial charge in [-0.25, -0.2) is 17.9 Å². The predicted octanol–water partition coefficient (Wildman–Crippen LogP) is 1.70. The van der Waals surface area contributed by atoms with E-state index in [1.807, 2.05) is 0 Å². The van der Waals surface area contributed by atoms with E-state index in [0.29, 0.717) is 25.4 Å². The average Bonchev–Trinajstić information content (AvgIpc) is 2.36. The van der Waals surface area contributed by atoms with Crippen LogP contribution in [0, 0.1) is 5.92 Å². The summed E-state index contributed by atoms with van der Waals surface area (Å²) in [5, 5.41) is -0.423. The summed E-state index contributed by atoms with van der Waals surface area (Å²) in [5.41, 5.74) is 0. The van der Waals surface area contributed by atoms with Crippen LogP contribution < -0.4 is 4.72 Å². The van der Waals surface area contributed by atoms with E-state index >= 15 is 0 Å². The first kappa shape index (κ1) is 17.0. The molecule has 0 saturated carbocycles. The van der Waals surface area contributed by atoms with E-state index in [0.717, 1.165) is 12.8 Å². The SMILES string of the molecule is C=C(C)OC(=O)N1CCC(CNS(=O)(=O)C(C)C)CC1. The lowest BCUT2D eigenvalue weighted by atomic mass is 9.97. The highest BCUT2D eigenvalue weighted by atomic mass is 32.2. The number of likely N-dealkylation sites (tertiary alicyclic amines) is 1. The molecule has 1 aliphatic heterocycles. The second-order valence-corrected chi connectivity index (χ2v) is 7.76. The Morgan fingerprint density at radius 2 is 1.95 bits per heavy atom. The van der Waals surface area contributed by atoms with Gasteiger partial charge in [0.15, 0.2) is 0 Å². The monoisotopic (exact) mass is 304 g/mol. The van der Waals surface area contributed by atoms with Crippen molar-refractivity contribution in [2.75, 3.05) is 19.6 Å². The molecule has 1 aliphatic rings.